The highest BCUT2D eigenvalue weighted by Gasteiger charge is 2.22. The van der Waals surface area contributed by atoms with E-state index in [1.807, 2.05) is 34.7 Å². The minimum Gasteiger partial charge on any atom is -0.454 e. The second-order valence-corrected chi connectivity index (χ2v) is 8.74. The largest absolute Gasteiger partial charge is 0.454 e. The van der Waals surface area contributed by atoms with Gasteiger partial charge in [0.05, 0.1) is 40.3 Å². The van der Waals surface area contributed by atoms with Gasteiger partial charge in [-0.05, 0) is 43.9 Å². The molecule has 30 heavy (non-hydrogen) atoms. The molecule has 1 aromatic carbocycles. The molecular formula is C23H20N4O2S. The maximum atomic E-state index is 9.77. The SMILES string of the molecule is OC1CCC(n2cc(-c3cncc4oc(-c5cccc6ncsc56)cc34)cn2)CC1. The van der Waals surface area contributed by atoms with Crippen LogP contribution in [0.25, 0.3) is 43.6 Å². The highest BCUT2D eigenvalue weighted by molar-refractivity contribution is 7.17. The number of nitrogens with zero attached hydrogens (tertiary/aromatic N) is 4. The first kappa shape index (κ1) is 17.8. The molecular weight excluding hydrogens is 396 g/mol. The highest BCUT2D eigenvalue weighted by atomic mass is 32.1. The number of aromatic nitrogens is 4. The van der Waals surface area contributed by atoms with Gasteiger partial charge in [-0.2, -0.15) is 5.10 Å². The fourth-order valence-corrected chi connectivity index (χ4v) is 5.21. The number of furan rings is 1. The first-order valence-electron chi connectivity index (χ1n) is 10.2. The van der Waals surface area contributed by atoms with Crippen molar-refractivity contribution in [2.24, 2.45) is 0 Å². The number of hydrogen-bond donors (Lipinski definition) is 1. The molecule has 4 heterocycles. The Morgan fingerprint density at radius 3 is 2.87 bits per heavy atom. The van der Waals surface area contributed by atoms with Gasteiger partial charge in [0.1, 0.15) is 5.76 Å². The van der Waals surface area contributed by atoms with E-state index in [1.165, 1.54) is 0 Å². The Hall–Kier alpha value is -3.03. The molecule has 150 valence electrons. The summed E-state index contributed by atoms with van der Waals surface area (Å²) in [5.74, 6) is 0.822. The number of fused-ring (bicyclic) bond motifs is 2. The molecule has 7 heteroatoms. The molecule has 0 bridgehead atoms. The van der Waals surface area contributed by atoms with Gasteiger partial charge in [-0.3, -0.25) is 9.67 Å². The Morgan fingerprint density at radius 1 is 1.07 bits per heavy atom. The Kier molecular flexibility index (Phi) is 4.17. The fourth-order valence-electron chi connectivity index (χ4n) is 4.40. The molecule has 5 aromatic rings. The van der Waals surface area contributed by atoms with Crippen LogP contribution in [0.15, 0.2) is 59.0 Å². The van der Waals surface area contributed by atoms with Gasteiger partial charge in [0.25, 0.3) is 0 Å². The molecule has 0 aliphatic heterocycles. The predicted octanol–water partition coefficient (Wildman–Crippen LogP) is 5.44. The Balaban J connectivity index is 1.41. The van der Waals surface area contributed by atoms with Crippen molar-refractivity contribution in [2.45, 2.75) is 37.8 Å². The lowest BCUT2D eigenvalue weighted by Crippen LogP contribution is -2.21. The van der Waals surface area contributed by atoms with E-state index in [4.69, 9.17) is 4.42 Å². The summed E-state index contributed by atoms with van der Waals surface area (Å²) >= 11 is 1.62. The summed E-state index contributed by atoms with van der Waals surface area (Å²) in [5.41, 5.74) is 6.70. The lowest BCUT2D eigenvalue weighted by atomic mass is 9.93. The van der Waals surface area contributed by atoms with Crippen LogP contribution in [0.5, 0.6) is 0 Å². The van der Waals surface area contributed by atoms with Crippen molar-refractivity contribution < 1.29 is 9.52 Å². The van der Waals surface area contributed by atoms with E-state index < -0.39 is 0 Å². The number of aliphatic hydroxyl groups is 1. The van der Waals surface area contributed by atoms with E-state index in [1.54, 1.807) is 17.5 Å². The van der Waals surface area contributed by atoms with E-state index in [0.29, 0.717) is 6.04 Å². The first-order chi connectivity index (χ1) is 14.8. The zero-order valence-electron chi connectivity index (χ0n) is 16.2. The molecule has 0 amide bonds. The number of pyridine rings is 1. The van der Waals surface area contributed by atoms with Gasteiger partial charge >= 0.3 is 0 Å². The highest BCUT2D eigenvalue weighted by Crippen LogP contribution is 2.38. The molecule has 1 aliphatic rings. The summed E-state index contributed by atoms with van der Waals surface area (Å²) in [5, 5.41) is 15.4. The van der Waals surface area contributed by atoms with Crippen molar-refractivity contribution in [3.05, 3.63) is 54.6 Å². The van der Waals surface area contributed by atoms with E-state index in [0.717, 1.165) is 69.3 Å². The molecule has 4 aromatic heterocycles. The van der Waals surface area contributed by atoms with Gasteiger partial charge in [0.2, 0.25) is 0 Å². The number of thiazole rings is 1. The molecule has 0 spiro atoms. The summed E-state index contributed by atoms with van der Waals surface area (Å²) in [6.07, 6.45) is 11.1. The molecule has 0 saturated heterocycles. The molecule has 1 N–H and O–H groups in total. The van der Waals surface area contributed by atoms with Gasteiger partial charge in [-0.25, -0.2) is 4.98 Å². The third kappa shape index (κ3) is 2.93. The van der Waals surface area contributed by atoms with Crippen molar-refractivity contribution in [1.82, 2.24) is 19.7 Å². The van der Waals surface area contributed by atoms with Crippen LogP contribution in [0.2, 0.25) is 0 Å². The minimum absolute atomic E-state index is 0.165. The topological polar surface area (TPSA) is 77.0 Å². The fraction of sp³-hybridized carbons (Fsp3) is 0.261. The second kappa shape index (κ2) is 7.04. The van der Waals surface area contributed by atoms with Crippen LogP contribution >= 0.6 is 11.3 Å². The van der Waals surface area contributed by atoms with Crippen LogP contribution < -0.4 is 0 Å². The average Bonchev–Trinajstić information content (AvgIpc) is 3.52. The Labute approximate surface area is 176 Å². The van der Waals surface area contributed by atoms with Gasteiger partial charge in [0, 0.05) is 34.5 Å². The van der Waals surface area contributed by atoms with E-state index in [2.05, 4.69) is 33.4 Å². The predicted molar refractivity (Wildman–Crippen MR) is 117 cm³/mol. The van der Waals surface area contributed by atoms with Crippen molar-refractivity contribution in [1.29, 1.82) is 0 Å². The summed E-state index contributed by atoms with van der Waals surface area (Å²) in [6.45, 7) is 0. The smallest absolute Gasteiger partial charge is 0.153 e. The van der Waals surface area contributed by atoms with Crippen molar-refractivity contribution in [3.8, 4) is 22.5 Å². The summed E-state index contributed by atoms with van der Waals surface area (Å²) in [7, 11) is 0. The third-order valence-electron chi connectivity index (χ3n) is 6.02. The maximum Gasteiger partial charge on any atom is 0.153 e. The van der Waals surface area contributed by atoms with Crippen LogP contribution in [-0.2, 0) is 0 Å². The summed E-state index contributed by atoms with van der Waals surface area (Å²) < 4.78 is 9.35. The normalized spacial score (nSPS) is 19.6. The lowest BCUT2D eigenvalue weighted by Gasteiger charge is -2.25. The third-order valence-corrected chi connectivity index (χ3v) is 6.90. The van der Waals surface area contributed by atoms with E-state index >= 15 is 0 Å². The summed E-state index contributed by atoms with van der Waals surface area (Å²) in [4.78, 5) is 8.82. The monoisotopic (exact) mass is 416 g/mol. The van der Waals surface area contributed by atoms with E-state index in [9.17, 15) is 5.11 Å². The summed E-state index contributed by atoms with van der Waals surface area (Å²) in [6, 6.07) is 8.53. The van der Waals surface area contributed by atoms with Gasteiger partial charge in [-0.1, -0.05) is 6.07 Å². The quantitative estimate of drug-likeness (QED) is 0.423. The number of aliphatic hydroxyl groups excluding tert-OH is 1. The van der Waals surface area contributed by atoms with Crippen LogP contribution in [0, 0.1) is 0 Å². The van der Waals surface area contributed by atoms with Crippen LogP contribution in [0.4, 0.5) is 0 Å². The molecule has 1 aliphatic carbocycles. The maximum absolute atomic E-state index is 9.77. The van der Waals surface area contributed by atoms with Crippen molar-refractivity contribution in [2.75, 3.05) is 0 Å². The minimum atomic E-state index is -0.165. The first-order valence-corrected chi connectivity index (χ1v) is 11.1. The van der Waals surface area contributed by atoms with E-state index in [-0.39, 0.29) is 6.10 Å². The standard InChI is InChI=1S/C23H20N4O2S/c28-16-6-4-15(5-7-16)27-12-14(9-26-27)19-10-24-11-22-18(19)8-21(29-22)17-2-1-3-20-23(17)30-13-25-20/h1-3,8-13,15-16,28H,4-7H2. The number of hydrogen-bond acceptors (Lipinski definition) is 6. The zero-order valence-corrected chi connectivity index (χ0v) is 17.0. The van der Waals surface area contributed by atoms with Crippen LogP contribution in [0.1, 0.15) is 31.7 Å². The zero-order chi connectivity index (χ0) is 20.1. The van der Waals surface area contributed by atoms with Gasteiger partial charge in [-0.15, -0.1) is 11.3 Å². The Bertz CT molecular complexity index is 1340. The number of rotatable bonds is 3. The Morgan fingerprint density at radius 2 is 1.97 bits per heavy atom. The molecule has 0 atom stereocenters. The van der Waals surface area contributed by atoms with Crippen LogP contribution in [-0.4, -0.2) is 31.0 Å². The van der Waals surface area contributed by atoms with Crippen LogP contribution in [0.3, 0.4) is 0 Å². The molecule has 6 rings (SSSR count). The lowest BCUT2D eigenvalue weighted by molar-refractivity contribution is 0.108. The molecule has 6 nitrogen and oxygen atoms in total. The molecule has 0 radical (unpaired) electrons. The van der Waals surface area contributed by atoms with Gasteiger partial charge < -0.3 is 9.52 Å². The second-order valence-electron chi connectivity index (χ2n) is 7.89. The van der Waals surface area contributed by atoms with Crippen molar-refractivity contribution in [3.63, 3.8) is 0 Å². The average molecular weight is 417 g/mol. The molecule has 1 fully saturated rings. The van der Waals surface area contributed by atoms with Gasteiger partial charge in [0.15, 0.2) is 5.58 Å². The molecule has 0 unspecified atom stereocenters. The molecule has 1 saturated carbocycles. The van der Waals surface area contributed by atoms with Crippen molar-refractivity contribution >= 4 is 32.5 Å². The number of benzene rings is 1.